The Bertz CT molecular complexity index is 609. The maximum absolute atomic E-state index is 11.9. The fourth-order valence-corrected chi connectivity index (χ4v) is 2.71. The first-order chi connectivity index (χ1) is 9.24. The monoisotopic (exact) mass is 299 g/mol. The van der Waals surface area contributed by atoms with Crippen LogP contribution in [0.5, 0.6) is 0 Å². The predicted octanol–water partition coefficient (Wildman–Crippen LogP) is 1.21. The zero-order valence-corrected chi connectivity index (χ0v) is 12.1. The number of anilines is 1. The molecule has 6 nitrogen and oxygen atoms in total. The van der Waals surface area contributed by atoms with E-state index >= 15 is 0 Å². The highest BCUT2D eigenvalue weighted by molar-refractivity contribution is 7.92. The quantitative estimate of drug-likeness (QED) is 0.822. The molecule has 1 aromatic carbocycles. The lowest BCUT2D eigenvalue weighted by atomic mass is 10.2. The van der Waals surface area contributed by atoms with Crippen LogP contribution in [0, 0.1) is 6.92 Å². The number of aliphatic carboxylic acids is 1. The molecule has 1 atom stereocenters. The van der Waals surface area contributed by atoms with Crippen LogP contribution in [0.4, 0.5) is 5.69 Å². The minimum atomic E-state index is -3.78. The molecular formula is C13H17NO5S. The molecule has 0 radical (unpaired) electrons. The van der Waals surface area contributed by atoms with Crippen LogP contribution in [0.3, 0.4) is 0 Å². The molecule has 1 unspecified atom stereocenters. The van der Waals surface area contributed by atoms with Crippen LogP contribution in [-0.4, -0.2) is 36.4 Å². The lowest BCUT2D eigenvalue weighted by molar-refractivity contribution is -0.136. The van der Waals surface area contributed by atoms with Crippen LogP contribution in [0.15, 0.2) is 24.3 Å². The van der Waals surface area contributed by atoms with Gasteiger partial charge in [-0.05, 0) is 25.5 Å². The van der Waals surface area contributed by atoms with Crippen molar-refractivity contribution in [2.45, 2.75) is 25.5 Å². The molecule has 110 valence electrons. The molecule has 0 aliphatic heterocycles. The first kappa shape index (κ1) is 16.2. The van der Waals surface area contributed by atoms with E-state index in [-0.39, 0.29) is 0 Å². The van der Waals surface area contributed by atoms with E-state index in [1.165, 1.54) is 6.92 Å². The Morgan fingerprint density at radius 1 is 1.30 bits per heavy atom. The number of nitrogens with one attached hydrogen (secondary N) is 1. The van der Waals surface area contributed by atoms with E-state index < -0.39 is 39.1 Å². The molecule has 0 heterocycles. The summed E-state index contributed by atoms with van der Waals surface area (Å²) in [5.41, 5.74) is 1.36. The molecule has 0 aliphatic rings. The van der Waals surface area contributed by atoms with Gasteiger partial charge in [-0.15, -0.1) is 0 Å². The molecule has 7 heteroatoms. The van der Waals surface area contributed by atoms with Crippen molar-refractivity contribution in [1.29, 1.82) is 0 Å². The van der Waals surface area contributed by atoms with Crippen LogP contribution >= 0.6 is 0 Å². The van der Waals surface area contributed by atoms with Gasteiger partial charge >= 0.3 is 5.97 Å². The molecule has 0 aliphatic carbocycles. The Hall–Kier alpha value is -1.89. The molecule has 0 spiro atoms. The minimum Gasteiger partial charge on any atom is -0.481 e. The van der Waals surface area contributed by atoms with Gasteiger partial charge in [0.2, 0.25) is 5.91 Å². The number of hydrogen-bond donors (Lipinski definition) is 2. The molecule has 1 rings (SSSR count). The third-order valence-corrected chi connectivity index (χ3v) is 4.98. The van der Waals surface area contributed by atoms with Gasteiger partial charge in [0.15, 0.2) is 9.84 Å². The molecule has 0 aromatic heterocycles. The van der Waals surface area contributed by atoms with E-state index in [0.717, 1.165) is 5.56 Å². The fourth-order valence-electron chi connectivity index (χ4n) is 1.52. The molecule has 0 fully saturated rings. The third kappa shape index (κ3) is 4.34. The van der Waals surface area contributed by atoms with Crippen molar-refractivity contribution < 1.29 is 23.1 Å². The lowest BCUT2D eigenvalue weighted by Crippen LogP contribution is -2.34. The van der Waals surface area contributed by atoms with Gasteiger partial charge in [-0.1, -0.05) is 18.2 Å². The molecule has 0 saturated carbocycles. The van der Waals surface area contributed by atoms with E-state index in [2.05, 4.69) is 5.32 Å². The molecule has 20 heavy (non-hydrogen) atoms. The first-order valence-electron chi connectivity index (χ1n) is 6.04. The summed E-state index contributed by atoms with van der Waals surface area (Å²) in [5, 5.41) is 9.75. The summed E-state index contributed by atoms with van der Waals surface area (Å²) in [7, 11) is -3.78. The van der Waals surface area contributed by atoms with Gasteiger partial charge in [0.25, 0.3) is 0 Å². The molecule has 1 aromatic rings. The second-order valence-corrected chi connectivity index (χ2v) is 6.90. The van der Waals surface area contributed by atoms with E-state index in [1.54, 1.807) is 31.2 Å². The molecule has 2 N–H and O–H groups in total. The summed E-state index contributed by atoms with van der Waals surface area (Å²) in [5.74, 6) is -2.42. The average molecular weight is 299 g/mol. The van der Waals surface area contributed by atoms with E-state index in [1.807, 2.05) is 0 Å². The number of benzene rings is 1. The van der Waals surface area contributed by atoms with Gasteiger partial charge in [0.05, 0.1) is 12.2 Å². The van der Waals surface area contributed by atoms with Gasteiger partial charge in [-0.3, -0.25) is 9.59 Å². The topological polar surface area (TPSA) is 101 Å². The zero-order valence-electron chi connectivity index (χ0n) is 11.3. The average Bonchev–Trinajstić information content (AvgIpc) is 2.38. The van der Waals surface area contributed by atoms with Gasteiger partial charge in [0.1, 0.15) is 5.25 Å². The Kier molecular flexibility index (Phi) is 5.26. The van der Waals surface area contributed by atoms with Crippen molar-refractivity contribution >= 4 is 27.4 Å². The number of carbonyl (C=O) groups excluding carboxylic acids is 1. The number of rotatable bonds is 6. The lowest BCUT2D eigenvalue weighted by Gasteiger charge is -2.14. The Morgan fingerprint density at radius 2 is 1.90 bits per heavy atom. The number of hydrogen-bond acceptors (Lipinski definition) is 4. The Labute approximate surface area is 117 Å². The number of amides is 1. The standard InChI is InChI=1S/C13H17NO5S/c1-9-5-3-4-6-11(9)14-13(17)10(2)20(18,19)8-7-12(15)16/h3-6,10H,7-8H2,1-2H3,(H,14,17)(H,15,16). The number of carboxylic acids is 1. The van der Waals surface area contributed by atoms with Gasteiger partial charge in [0, 0.05) is 5.69 Å². The number of sulfone groups is 1. The normalized spacial score (nSPS) is 12.7. The van der Waals surface area contributed by atoms with E-state index in [0.29, 0.717) is 5.69 Å². The highest BCUT2D eigenvalue weighted by Crippen LogP contribution is 2.15. The summed E-state index contributed by atoms with van der Waals surface area (Å²) in [6.45, 7) is 3.05. The van der Waals surface area contributed by atoms with Gasteiger partial charge < -0.3 is 10.4 Å². The van der Waals surface area contributed by atoms with E-state index in [9.17, 15) is 18.0 Å². The fraction of sp³-hybridized carbons (Fsp3) is 0.385. The van der Waals surface area contributed by atoms with Crippen LogP contribution in [0.25, 0.3) is 0 Å². The molecule has 0 saturated heterocycles. The second-order valence-electron chi connectivity index (χ2n) is 4.46. The molecule has 1 amide bonds. The summed E-state index contributed by atoms with van der Waals surface area (Å²) < 4.78 is 23.7. The van der Waals surface area contributed by atoms with Crippen molar-refractivity contribution in [2.24, 2.45) is 0 Å². The SMILES string of the molecule is Cc1ccccc1NC(=O)C(C)S(=O)(=O)CCC(=O)O. The molecular weight excluding hydrogens is 282 g/mol. The number of para-hydroxylation sites is 1. The van der Waals surface area contributed by atoms with Crippen LogP contribution in [0.1, 0.15) is 18.9 Å². The Balaban J connectivity index is 2.77. The van der Waals surface area contributed by atoms with Gasteiger partial charge in [-0.2, -0.15) is 0 Å². The third-order valence-electron chi connectivity index (χ3n) is 2.91. The van der Waals surface area contributed by atoms with Crippen molar-refractivity contribution in [3.63, 3.8) is 0 Å². The zero-order chi connectivity index (χ0) is 15.3. The largest absolute Gasteiger partial charge is 0.481 e. The number of carboxylic acid groups (broad SMARTS) is 1. The van der Waals surface area contributed by atoms with E-state index in [4.69, 9.17) is 5.11 Å². The Morgan fingerprint density at radius 3 is 2.45 bits per heavy atom. The summed E-state index contributed by atoms with van der Waals surface area (Å²) in [6, 6.07) is 6.99. The van der Waals surface area contributed by atoms with Crippen molar-refractivity contribution in [1.82, 2.24) is 0 Å². The summed E-state index contributed by atoms with van der Waals surface area (Å²) in [6.07, 6.45) is -0.510. The van der Waals surface area contributed by atoms with Crippen molar-refractivity contribution in [3.8, 4) is 0 Å². The summed E-state index contributed by atoms with van der Waals surface area (Å²) in [4.78, 5) is 22.3. The van der Waals surface area contributed by atoms with Crippen LogP contribution < -0.4 is 5.32 Å². The number of carbonyl (C=O) groups is 2. The van der Waals surface area contributed by atoms with Crippen molar-refractivity contribution in [2.75, 3.05) is 11.1 Å². The van der Waals surface area contributed by atoms with Crippen molar-refractivity contribution in [3.05, 3.63) is 29.8 Å². The maximum Gasteiger partial charge on any atom is 0.304 e. The van der Waals surface area contributed by atoms with Crippen LogP contribution in [-0.2, 0) is 19.4 Å². The summed E-state index contributed by atoms with van der Waals surface area (Å²) >= 11 is 0. The minimum absolute atomic E-state index is 0.510. The van der Waals surface area contributed by atoms with Gasteiger partial charge in [-0.25, -0.2) is 8.42 Å². The predicted molar refractivity (Wildman–Crippen MR) is 75.3 cm³/mol. The first-order valence-corrected chi connectivity index (χ1v) is 7.75. The smallest absolute Gasteiger partial charge is 0.304 e. The van der Waals surface area contributed by atoms with Crippen LogP contribution in [0.2, 0.25) is 0 Å². The highest BCUT2D eigenvalue weighted by atomic mass is 32.2. The second kappa shape index (κ2) is 6.51. The number of aryl methyl sites for hydroxylation is 1. The molecule has 0 bridgehead atoms. The maximum atomic E-state index is 11.9. The highest BCUT2D eigenvalue weighted by Gasteiger charge is 2.28.